The van der Waals surface area contributed by atoms with E-state index < -0.39 is 8.07 Å². The maximum atomic E-state index is 8.96. The average Bonchev–Trinajstić information content (AvgIpc) is 2.16. The maximum Gasteiger partial charge on any atom is 0.146 e. The molecule has 0 saturated carbocycles. The molecule has 1 nitrogen and oxygen atoms in total. The molecule has 0 fully saturated rings. The molecular formula is C14H26OSi. The van der Waals surface area contributed by atoms with Crippen LogP contribution in [0.25, 0.3) is 0 Å². The van der Waals surface area contributed by atoms with Crippen LogP contribution >= 0.6 is 0 Å². The standard InChI is InChI=1S/C14H26OSi/c1-11(2)16(12(3)4,13(5)6)9-8-14(7)10-15/h11-13,15H,7,10H2,1-6H3. The second-order valence-corrected chi connectivity index (χ2v) is 11.0. The van der Waals surface area contributed by atoms with Crippen molar-refractivity contribution in [2.75, 3.05) is 6.61 Å². The summed E-state index contributed by atoms with van der Waals surface area (Å²) in [5.74, 6) is 3.08. The van der Waals surface area contributed by atoms with Crippen molar-refractivity contribution in [2.24, 2.45) is 0 Å². The van der Waals surface area contributed by atoms with E-state index in [9.17, 15) is 0 Å². The zero-order valence-electron chi connectivity index (χ0n) is 11.6. The Bertz CT molecular complexity index is 270. The molecule has 0 aromatic carbocycles. The van der Waals surface area contributed by atoms with Crippen LogP contribution in [0.2, 0.25) is 16.6 Å². The van der Waals surface area contributed by atoms with E-state index in [1.54, 1.807) is 0 Å². The second kappa shape index (κ2) is 6.27. The van der Waals surface area contributed by atoms with Gasteiger partial charge < -0.3 is 5.11 Å². The molecule has 16 heavy (non-hydrogen) atoms. The minimum absolute atomic E-state index is 0.0221. The molecule has 0 bridgehead atoms. The van der Waals surface area contributed by atoms with E-state index in [0.717, 1.165) is 0 Å². The normalized spacial score (nSPS) is 11.9. The van der Waals surface area contributed by atoms with Crippen molar-refractivity contribution in [2.45, 2.75) is 58.2 Å². The summed E-state index contributed by atoms with van der Waals surface area (Å²) < 4.78 is 0. The van der Waals surface area contributed by atoms with Crippen LogP contribution in [0.5, 0.6) is 0 Å². The molecule has 0 unspecified atom stereocenters. The summed E-state index contributed by atoms with van der Waals surface area (Å²) in [6.45, 7) is 17.4. The Kier molecular flexibility index (Phi) is 6.07. The summed E-state index contributed by atoms with van der Waals surface area (Å²) in [5.41, 5.74) is 6.04. The van der Waals surface area contributed by atoms with Gasteiger partial charge in [0.05, 0.1) is 6.61 Å². The Balaban J connectivity index is 5.35. The van der Waals surface area contributed by atoms with E-state index in [1.165, 1.54) is 0 Å². The zero-order chi connectivity index (χ0) is 12.9. The monoisotopic (exact) mass is 238 g/mol. The number of aliphatic hydroxyl groups excluding tert-OH is 1. The number of aliphatic hydroxyl groups is 1. The molecule has 0 rings (SSSR count). The van der Waals surface area contributed by atoms with Gasteiger partial charge in [-0.25, -0.2) is 0 Å². The zero-order valence-corrected chi connectivity index (χ0v) is 12.6. The van der Waals surface area contributed by atoms with Gasteiger partial charge in [0.25, 0.3) is 0 Å². The first kappa shape index (κ1) is 15.5. The summed E-state index contributed by atoms with van der Waals surface area (Å²) in [6, 6.07) is 0. The minimum Gasteiger partial charge on any atom is -0.391 e. The fourth-order valence-electron chi connectivity index (χ4n) is 2.67. The Morgan fingerprint density at radius 1 is 1.06 bits per heavy atom. The molecule has 1 N–H and O–H groups in total. The molecule has 92 valence electrons. The van der Waals surface area contributed by atoms with Gasteiger partial charge >= 0.3 is 0 Å². The number of hydrogen-bond acceptors (Lipinski definition) is 1. The molecule has 2 heteroatoms. The van der Waals surface area contributed by atoms with Gasteiger partial charge in [0.1, 0.15) is 8.07 Å². The van der Waals surface area contributed by atoms with Crippen LogP contribution in [0.15, 0.2) is 12.2 Å². The lowest BCUT2D eigenvalue weighted by molar-refractivity contribution is 0.336. The highest BCUT2D eigenvalue weighted by Crippen LogP contribution is 2.40. The van der Waals surface area contributed by atoms with Crippen molar-refractivity contribution in [1.82, 2.24) is 0 Å². The number of hydrogen-bond donors (Lipinski definition) is 1. The third kappa shape index (κ3) is 3.23. The van der Waals surface area contributed by atoms with Crippen molar-refractivity contribution in [3.63, 3.8) is 0 Å². The number of rotatable bonds is 4. The Labute approximate surface area is 102 Å². The van der Waals surface area contributed by atoms with Crippen molar-refractivity contribution < 1.29 is 5.11 Å². The second-order valence-electron chi connectivity index (χ2n) is 5.41. The molecule has 0 spiro atoms. The molecule has 0 aromatic heterocycles. The van der Waals surface area contributed by atoms with Gasteiger partial charge in [0.2, 0.25) is 0 Å². The third-order valence-electron chi connectivity index (χ3n) is 3.51. The molecule has 0 aliphatic rings. The van der Waals surface area contributed by atoms with Crippen molar-refractivity contribution in [3.05, 3.63) is 12.2 Å². The minimum atomic E-state index is -1.64. The van der Waals surface area contributed by atoms with E-state index in [0.29, 0.717) is 22.2 Å². The van der Waals surface area contributed by atoms with Crippen molar-refractivity contribution in [3.8, 4) is 11.5 Å². The van der Waals surface area contributed by atoms with Crippen LogP contribution in [0.4, 0.5) is 0 Å². The predicted molar refractivity (Wildman–Crippen MR) is 75.0 cm³/mol. The smallest absolute Gasteiger partial charge is 0.146 e. The van der Waals surface area contributed by atoms with E-state index in [2.05, 4.69) is 59.6 Å². The van der Waals surface area contributed by atoms with Crippen LogP contribution in [0.3, 0.4) is 0 Å². The molecular weight excluding hydrogens is 212 g/mol. The van der Waals surface area contributed by atoms with Gasteiger partial charge in [-0.05, 0) is 16.6 Å². The van der Waals surface area contributed by atoms with Crippen molar-refractivity contribution in [1.29, 1.82) is 0 Å². The maximum absolute atomic E-state index is 8.96. The quantitative estimate of drug-likeness (QED) is 0.584. The topological polar surface area (TPSA) is 20.2 Å². The molecule has 0 amide bonds. The van der Waals surface area contributed by atoms with Gasteiger partial charge in [-0.2, -0.15) is 0 Å². The van der Waals surface area contributed by atoms with E-state index in [1.807, 2.05) is 0 Å². The highest BCUT2D eigenvalue weighted by molar-refractivity contribution is 6.90. The lowest BCUT2D eigenvalue weighted by Gasteiger charge is -2.38. The van der Waals surface area contributed by atoms with Crippen molar-refractivity contribution >= 4 is 8.07 Å². The van der Waals surface area contributed by atoms with Crippen LogP contribution < -0.4 is 0 Å². The Morgan fingerprint density at radius 3 is 1.69 bits per heavy atom. The van der Waals surface area contributed by atoms with Gasteiger partial charge in [-0.3, -0.25) is 0 Å². The molecule has 0 radical (unpaired) electrons. The fraction of sp³-hybridized carbons (Fsp3) is 0.714. The molecule has 0 aromatic rings. The first-order valence-electron chi connectivity index (χ1n) is 6.10. The Hall–Kier alpha value is -0.523. The van der Waals surface area contributed by atoms with Gasteiger partial charge in [-0.15, -0.1) is 5.54 Å². The lowest BCUT2D eigenvalue weighted by atomic mass is 10.3. The Morgan fingerprint density at radius 2 is 1.44 bits per heavy atom. The lowest BCUT2D eigenvalue weighted by Crippen LogP contribution is -2.43. The predicted octanol–water partition coefficient (Wildman–Crippen LogP) is 3.76. The summed E-state index contributed by atoms with van der Waals surface area (Å²) in [7, 11) is -1.64. The molecule has 0 saturated heterocycles. The van der Waals surface area contributed by atoms with Gasteiger partial charge in [-0.1, -0.05) is 54.0 Å². The third-order valence-corrected chi connectivity index (χ3v) is 9.80. The SMILES string of the molecule is C=C(C#C[Si](C(C)C)(C(C)C)C(C)C)CO. The highest BCUT2D eigenvalue weighted by Gasteiger charge is 2.41. The summed E-state index contributed by atoms with van der Waals surface area (Å²) in [5, 5.41) is 8.96. The van der Waals surface area contributed by atoms with Crippen LogP contribution in [0.1, 0.15) is 41.5 Å². The molecule has 0 aliphatic carbocycles. The van der Waals surface area contributed by atoms with E-state index >= 15 is 0 Å². The van der Waals surface area contributed by atoms with Crippen LogP contribution in [-0.2, 0) is 0 Å². The van der Waals surface area contributed by atoms with Gasteiger partial charge in [0, 0.05) is 5.57 Å². The molecule has 0 heterocycles. The summed E-state index contributed by atoms with van der Waals surface area (Å²) >= 11 is 0. The largest absolute Gasteiger partial charge is 0.391 e. The van der Waals surface area contributed by atoms with E-state index in [4.69, 9.17) is 5.11 Å². The summed E-state index contributed by atoms with van der Waals surface area (Å²) in [4.78, 5) is 0. The first-order chi connectivity index (χ1) is 7.28. The molecule has 0 atom stereocenters. The van der Waals surface area contributed by atoms with E-state index in [-0.39, 0.29) is 6.61 Å². The van der Waals surface area contributed by atoms with Gasteiger partial charge in [0.15, 0.2) is 0 Å². The summed E-state index contributed by atoms with van der Waals surface area (Å²) in [6.07, 6.45) is 0. The van der Waals surface area contributed by atoms with Crippen LogP contribution in [0, 0.1) is 11.5 Å². The highest BCUT2D eigenvalue weighted by atomic mass is 28.3. The molecule has 0 aliphatic heterocycles. The average molecular weight is 238 g/mol. The first-order valence-corrected chi connectivity index (χ1v) is 8.34. The fourth-order valence-corrected chi connectivity index (χ4v) is 7.93. The van der Waals surface area contributed by atoms with Crippen LogP contribution in [-0.4, -0.2) is 19.8 Å².